The molecule has 1 spiro atoms. The fourth-order valence-corrected chi connectivity index (χ4v) is 9.63. The van der Waals surface area contributed by atoms with Crippen LogP contribution in [0.1, 0.15) is 115 Å². The maximum Gasteiger partial charge on any atom is 0.333 e. The summed E-state index contributed by atoms with van der Waals surface area (Å²) in [5.74, 6) is -1.24. The zero-order valence-electron chi connectivity index (χ0n) is 29.0. The van der Waals surface area contributed by atoms with E-state index in [-0.39, 0.29) is 46.9 Å². The molecule has 1 aromatic carbocycles. The Morgan fingerprint density at radius 3 is 2.45 bits per heavy atom. The fourth-order valence-electron chi connectivity index (χ4n) is 9.63. The van der Waals surface area contributed by atoms with Crippen LogP contribution in [0.4, 0.5) is 0 Å². The second kappa shape index (κ2) is 10.2. The van der Waals surface area contributed by atoms with Crippen LogP contribution in [0.2, 0.25) is 0 Å². The number of hydrogen-bond acceptors (Lipinski definition) is 8. The van der Waals surface area contributed by atoms with E-state index in [4.69, 9.17) is 18.9 Å². The number of rotatable bonds is 5. The number of phenolic OH excluding ortho intramolecular Hbond substituents is 1. The van der Waals surface area contributed by atoms with Crippen LogP contribution in [-0.2, 0) is 25.5 Å². The van der Waals surface area contributed by atoms with Gasteiger partial charge < -0.3 is 24.1 Å². The van der Waals surface area contributed by atoms with Crippen molar-refractivity contribution in [3.63, 3.8) is 0 Å². The number of esters is 1. The number of methoxy groups -OCH3 is 1. The minimum Gasteiger partial charge on any atom is -0.507 e. The van der Waals surface area contributed by atoms with Gasteiger partial charge in [-0.25, -0.2) is 4.79 Å². The molecule has 3 heterocycles. The van der Waals surface area contributed by atoms with Crippen molar-refractivity contribution in [2.24, 2.45) is 11.8 Å². The molecule has 6 bridgehead atoms. The number of ether oxygens (including phenoxy) is 4. The van der Waals surface area contributed by atoms with Crippen molar-refractivity contribution in [3.8, 4) is 17.2 Å². The Morgan fingerprint density at radius 1 is 1.06 bits per heavy atom. The third-order valence-corrected chi connectivity index (χ3v) is 11.8. The molecule has 0 amide bonds. The minimum absolute atomic E-state index is 0.0317. The predicted octanol–water partition coefficient (Wildman–Crippen LogP) is 7.17. The molecule has 1 N–H and O–H groups in total. The van der Waals surface area contributed by atoms with Gasteiger partial charge in [-0.1, -0.05) is 34.9 Å². The van der Waals surface area contributed by atoms with Gasteiger partial charge >= 0.3 is 5.97 Å². The van der Waals surface area contributed by atoms with E-state index in [0.29, 0.717) is 47.3 Å². The molecule has 0 radical (unpaired) electrons. The van der Waals surface area contributed by atoms with Gasteiger partial charge in [-0.2, -0.15) is 0 Å². The molecule has 3 aliphatic heterocycles. The average Bonchev–Trinajstić information content (AvgIpc) is 3.15. The molecule has 1 saturated heterocycles. The molecular weight excluding hydrogens is 596 g/mol. The number of phenols is 1. The van der Waals surface area contributed by atoms with Gasteiger partial charge in [0.25, 0.3) is 0 Å². The molecule has 8 rings (SSSR count). The number of allylic oxidation sites excluding steroid dienone is 5. The van der Waals surface area contributed by atoms with Crippen LogP contribution in [0, 0.1) is 11.8 Å². The highest BCUT2D eigenvalue weighted by molar-refractivity contribution is 6.18. The van der Waals surface area contributed by atoms with Crippen LogP contribution in [0.15, 0.2) is 46.1 Å². The van der Waals surface area contributed by atoms with Crippen LogP contribution in [0.5, 0.6) is 17.2 Å². The van der Waals surface area contributed by atoms with E-state index in [1.165, 1.54) is 18.3 Å². The van der Waals surface area contributed by atoms with E-state index in [1.807, 2.05) is 27.7 Å². The number of carbonyl (C=O) groups is 3. The standard InChI is InChI=1S/C39H46O8/c1-19(2)10-11-24-32-28(25-18-37(8,45-32)14-13-23(25)20(3)4)31(41)29-30(40)26-16-22-17-27-36(6,7)47-38(34(22)42,39(26,27)46-33(24)29)15-12-21(5)35(43)44-9/h10,12,16,22,25,27,41H,11,13-15,17-18H2,1-9H3/b21-12-/t22-,25?,27-,37-,38+,39-/m1/s1. The van der Waals surface area contributed by atoms with Crippen molar-refractivity contribution >= 4 is 17.5 Å². The molecule has 47 heavy (non-hydrogen) atoms. The van der Waals surface area contributed by atoms with E-state index in [2.05, 4.69) is 26.8 Å². The number of hydrogen-bond donors (Lipinski definition) is 1. The zero-order chi connectivity index (χ0) is 34.0. The third-order valence-electron chi connectivity index (χ3n) is 11.8. The largest absolute Gasteiger partial charge is 0.507 e. The minimum atomic E-state index is -1.56. The van der Waals surface area contributed by atoms with Gasteiger partial charge in [0.2, 0.25) is 0 Å². The summed E-state index contributed by atoms with van der Waals surface area (Å²) < 4.78 is 25.9. The molecule has 8 nitrogen and oxygen atoms in total. The normalized spacial score (nSPS) is 34.0. The van der Waals surface area contributed by atoms with Crippen LogP contribution in [0.25, 0.3) is 0 Å². The Bertz CT molecular complexity index is 1780. The number of Topliss-reactive ketones (excluding diaryl/α,β-unsaturated/α-hetero) is 2. The predicted molar refractivity (Wildman–Crippen MR) is 176 cm³/mol. The Morgan fingerprint density at radius 2 is 1.79 bits per heavy atom. The second-order valence-corrected chi connectivity index (χ2v) is 15.7. The summed E-state index contributed by atoms with van der Waals surface area (Å²) in [4.78, 5) is 41.9. The van der Waals surface area contributed by atoms with Crippen molar-refractivity contribution < 1.29 is 38.4 Å². The molecule has 4 aliphatic carbocycles. The summed E-state index contributed by atoms with van der Waals surface area (Å²) in [5, 5.41) is 12.2. The number of ketones is 2. The van der Waals surface area contributed by atoms with Gasteiger partial charge in [0.1, 0.15) is 28.4 Å². The molecule has 1 unspecified atom stereocenters. The van der Waals surface area contributed by atoms with E-state index < -0.39 is 34.3 Å². The summed E-state index contributed by atoms with van der Waals surface area (Å²) >= 11 is 0. The third kappa shape index (κ3) is 4.12. The molecule has 2 saturated carbocycles. The highest BCUT2D eigenvalue weighted by Gasteiger charge is 2.81. The lowest BCUT2D eigenvalue weighted by Crippen LogP contribution is -2.72. The Balaban J connectivity index is 1.52. The van der Waals surface area contributed by atoms with E-state index >= 15 is 4.79 Å². The monoisotopic (exact) mass is 642 g/mol. The van der Waals surface area contributed by atoms with Gasteiger partial charge in [-0.05, 0) is 87.5 Å². The molecule has 7 aliphatic rings. The average molecular weight is 643 g/mol. The van der Waals surface area contributed by atoms with Crippen LogP contribution in [-0.4, -0.2) is 52.2 Å². The lowest BCUT2D eigenvalue weighted by Gasteiger charge is -2.56. The van der Waals surface area contributed by atoms with Gasteiger partial charge in [-0.15, -0.1) is 0 Å². The Kier molecular flexibility index (Phi) is 6.91. The number of carbonyl (C=O) groups excluding carboxylic acids is 3. The lowest BCUT2D eigenvalue weighted by atomic mass is 9.51. The molecule has 8 heteroatoms. The molecule has 3 fully saturated rings. The van der Waals surface area contributed by atoms with Crippen molar-refractivity contribution in [2.75, 3.05) is 7.11 Å². The maximum atomic E-state index is 15.0. The summed E-state index contributed by atoms with van der Waals surface area (Å²) in [6.07, 6.45) is 8.85. The first-order valence-corrected chi connectivity index (χ1v) is 16.9. The molecule has 250 valence electrons. The molecule has 0 aromatic heterocycles. The second-order valence-electron chi connectivity index (χ2n) is 15.7. The van der Waals surface area contributed by atoms with Gasteiger partial charge in [0.15, 0.2) is 22.8 Å². The maximum absolute atomic E-state index is 15.0. The quantitative estimate of drug-likeness (QED) is 0.205. The van der Waals surface area contributed by atoms with E-state index in [0.717, 1.165) is 18.4 Å². The molecule has 6 atom stereocenters. The Labute approximate surface area is 276 Å². The van der Waals surface area contributed by atoms with Crippen molar-refractivity contribution in [1.82, 2.24) is 0 Å². The smallest absolute Gasteiger partial charge is 0.333 e. The summed E-state index contributed by atoms with van der Waals surface area (Å²) in [5.41, 5.74) is 1.48. The first-order chi connectivity index (χ1) is 22.0. The SMILES string of the molecule is COC(=O)/C(C)=C\C[C@@]12OC(C)(C)[C@H]3C[C@@H](C=C4C(=O)c5c(O)c6c(c(CC=C(C)C)c5O[C@]431)O[C@]1(C)CCC(=C(C)C)C6C1)C2=O. The fraction of sp³-hybridized carbons (Fsp3) is 0.564. The first-order valence-electron chi connectivity index (χ1n) is 16.9. The number of fused-ring (bicyclic) bond motifs is 5. The van der Waals surface area contributed by atoms with Crippen molar-refractivity contribution in [2.45, 2.75) is 122 Å². The van der Waals surface area contributed by atoms with Crippen LogP contribution < -0.4 is 9.47 Å². The Hall–Kier alpha value is -3.65. The van der Waals surface area contributed by atoms with E-state index in [9.17, 15) is 14.7 Å². The highest BCUT2D eigenvalue weighted by Crippen LogP contribution is 2.69. The summed E-state index contributed by atoms with van der Waals surface area (Å²) in [7, 11) is 1.31. The first kappa shape index (κ1) is 31.9. The summed E-state index contributed by atoms with van der Waals surface area (Å²) in [6, 6.07) is 0. The number of aromatic hydroxyl groups is 1. The van der Waals surface area contributed by atoms with Crippen molar-refractivity contribution in [3.05, 3.63) is 62.8 Å². The van der Waals surface area contributed by atoms with Crippen LogP contribution >= 0.6 is 0 Å². The number of benzene rings is 1. The topological polar surface area (TPSA) is 108 Å². The van der Waals surface area contributed by atoms with Gasteiger partial charge in [0.05, 0.1) is 12.7 Å². The van der Waals surface area contributed by atoms with Gasteiger partial charge in [0, 0.05) is 46.4 Å². The zero-order valence-corrected chi connectivity index (χ0v) is 29.0. The molecular formula is C39H46O8. The van der Waals surface area contributed by atoms with Gasteiger partial charge in [-0.3, -0.25) is 9.59 Å². The highest BCUT2D eigenvalue weighted by atomic mass is 16.6. The van der Waals surface area contributed by atoms with E-state index in [1.54, 1.807) is 19.1 Å². The molecule has 1 aromatic rings. The van der Waals surface area contributed by atoms with Crippen molar-refractivity contribution in [1.29, 1.82) is 0 Å². The van der Waals surface area contributed by atoms with Crippen LogP contribution in [0.3, 0.4) is 0 Å². The lowest BCUT2D eigenvalue weighted by molar-refractivity contribution is -0.171. The summed E-state index contributed by atoms with van der Waals surface area (Å²) in [6.45, 7) is 15.9.